The normalized spacial score (nSPS) is 11.1. The SMILES string of the molecule is O=C(c1cc(Cl)ccc1NS(=O)(=O)c1ccc(Oc2ccccc2Cl)cc1)N(Cc1ccccn1)Cc1ccccn1. The molecule has 0 saturated heterocycles. The predicted octanol–water partition coefficient (Wildman–Crippen LogP) is 7.22. The topological polar surface area (TPSA) is 101 Å². The fourth-order valence-corrected chi connectivity index (χ4v) is 5.50. The number of carbonyl (C=O) groups excluding carboxylic acids is 1. The highest BCUT2D eigenvalue weighted by Gasteiger charge is 2.24. The van der Waals surface area contributed by atoms with Crippen LogP contribution in [0.5, 0.6) is 11.5 Å². The van der Waals surface area contributed by atoms with E-state index in [1.165, 1.54) is 47.4 Å². The van der Waals surface area contributed by atoms with Crippen LogP contribution in [0.3, 0.4) is 0 Å². The van der Waals surface area contributed by atoms with Crippen molar-refractivity contribution in [1.82, 2.24) is 14.9 Å². The molecule has 0 fully saturated rings. The number of ether oxygens (including phenoxy) is 1. The number of rotatable bonds is 10. The largest absolute Gasteiger partial charge is 0.456 e. The molecule has 0 aliphatic carbocycles. The van der Waals surface area contributed by atoms with Crippen molar-refractivity contribution in [3.8, 4) is 11.5 Å². The van der Waals surface area contributed by atoms with Crippen LogP contribution in [-0.2, 0) is 23.1 Å². The molecule has 5 rings (SSSR count). The molecule has 1 amide bonds. The summed E-state index contributed by atoms with van der Waals surface area (Å²) in [4.78, 5) is 24.1. The number of nitrogens with zero attached hydrogens (tertiary/aromatic N) is 3. The lowest BCUT2D eigenvalue weighted by Crippen LogP contribution is -2.31. The molecule has 1 N–H and O–H groups in total. The molecule has 42 heavy (non-hydrogen) atoms. The molecule has 8 nitrogen and oxygen atoms in total. The molecule has 212 valence electrons. The molecule has 3 aromatic carbocycles. The average Bonchev–Trinajstić information content (AvgIpc) is 3.00. The van der Waals surface area contributed by atoms with Gasteiger partial charge in [0.25, 0.3) is 15.9 Å². The summed E-state index contributed by atoms with van der Waals surface area (Å²) in [5.74, 6) is 0.400. The van der Waals surface area contributed by atoms with E-state index in [4.69, 9.17) is 27.9 Å². The summed E-state index contributed by atoms with van der Waals surface area (Å²) in [6.07, 6.45) is 3.28. The van der Waals surface area contributed by atoms with Gasteiger partial charge in [-0.25, -0.2) is 8.42 Å². The molecule has 11 heteroatoms. The van der Waals surface area contributed by atoms with Crippen LogP contribution in [0.2, 0.25) is 10.0 Å². The zero-order valence-corrected chi connectivity index (χ0v) is 24.4. The van der Waals surface area contributed by atoms with E-state index >= 15 is 0 Å². The maximum atomic E-state index is 13.9. The van der Waals surface area contributed by atoms with E-state index < -0.39 is 15.9 Å². The number of pyridine rings is 2. The van der Waals surface area contributed by atoms with Crippen LogP contribution in [0.15, 0.2) is 120 Å². The maximum Gasteiger partial charge on any atom is 0.261 e. The van der Waals surface area contributed by atoms with Gasteiger partial charge in [0.15, 0.2) is 0 Å². The van der Waals surface area contributed by atoms with Gasteiger partial charge < -0.3 is 9.64 Å². The second kappa shape index (κ2) is 13.0. The third kappa shape index (κ3) is 7.25. The fourth-order valence-electron chi connectivity index (χ4n) is 4.07. The number of sulfonamides is 1. The lowest BCUT2D eigenvalue weighted by Gasteiger charge is -2.24. The Morgan fingerprint density at radius 2 is 1.40 bits per heavy atom. The lowest BCUT2D eigenvalue weighted by molar-refractivity contribution is 0.0726. The van der Waals surface area contributed by atoms with Gasteiger partial charge in [-0.2, -0.15) is 0 Å². The lowest BCUT2D eigenvalue weighted by atomic mass is 10.1. The van der Waals surface area contributed by atoms with Gasteiger partial charge in [0, 0.05) is 17.4 Å². The van der Waals surface area contributed by atoms with E-state index in [1.807, 2.05) is 12.1 Å². The van der Waals surface area contributed by atoms with Gasteiger partial charge in [-0.15, -0.1) is 0 Å². The van der Waals surface area contributed by atoms with Gasteiger partial charge in [-0.3, -0.25) is 19.5 Å². The molecule has 0 bridgehead atoms. The van der Waals surface area contributed by atoms with Crippen molar-refractivity contribution in [3.05, 3.63) is 143 Å². The van der Waals surface area contributed by atoms with Gasteiger partial charge in [-0.1, -0.05) is 47.5 Å². The molecule has 0 radical (unpaired) electrons. The third-order valence-electron chi connectivity index (χ3n) is 6.10. The Bertz CT molecular complexity index is 1750. The molecule has 0 atom stereocenters. The molecule has 2 aromatic heterocycles. The fraction of sp³-hybridized carbons (Fsp3) is 0.0645. The Balaban J connectivity index is 1.41. The monoisotopic (exact) mass is 618 g/mol. The zero-order valence-electron chi connectivity index (χ0n) is 22.0. The smallest absolute Gasteiger partial charge is 0.261 e. The molecule has 0 aliphatic rings. The second-order valence-electron chi connectivity index (χ2n) is 9.10. The number of amides is 1. The van der Waals surface area contributed by atoms with Crippen LogP contribution < -0.4 is 9.46 Å². The van der Waals surface area contributed by atoms with E-state index in [1.54, 1.807) is 60.9 Å². The summed E-state index contributed by atoms with van der Waals surface area (Å²) in [7, 11) is -4.09. The van der Waals surface area contributed by atoms with Crippen molar-refractivity contribution < 1.29 is 17.9 Å². The number of benzene rings is 3. The Morgan fingerprint density at radius 1 is 0.786 bits per heavy atom. The zero-order chi connectivity index (χ0) is 29.5. The van der Waals surface area contributed by atoms with Gasteiger partial charge in [0.1, 0.15) is 11.5 Å². The highest BCUT2D eigenvalue weighted by atomic mass is 35.5. The van der Waals surface area contributed by atoms with Crippen LogP contribution in [-0.4, -0.2) is 29.2 Å². The number of halogens is 2. The first kappa shape index (κ1) is 29.1. The summed E-state index contributed by atoms with van der Waals surface area (Å²) >= 11 is 12.4. The van der Waals surface area contributed by atoms with Crippen LogP contribution >= 0.6 is 23.2 Å². The highest BCUT2D eigenvalue weighted by molar-refractivity contribution is 7.92. The first-order valence-corrected chi connectivity index (χ1v) is 15.0. The van der Waals surface area contributed by atoms with Crippen LogP contribution in [0.1, 0.15) is 21.7 Å². The Morgan fingerprint density at radius 3 is 2.00 bits per heavy atom. The Hall–Kier alpha value is -4.44. The van der Waals surface area contributed by atoms with Gasteiger partial charge in [0.2, 0.25) is 0 Å². The van der Waals surface area contributed by atoms with E-state index in [-0.39, 0.29) is 34.3 Å². The van der Waals surface area contributed by atoms with Gasteiger partial charge >= 0.3 is 0 Å². The molecule has 0 aliphatic heterocycles. The first-order chi connectivity index (χ1) is 20.3. The van der Waals surface area contributed by atoms with Crippen molar-refractivity contribution in [2.75, 3.05) is 4.72 Å². The summed E-state index contributed by atoms with van der Waals surface area (Å²) in [5, 5.41) is 0.703. The average molecular weight is 620 g/mol. The highest BCUT2D eigenvalue weighted by Crippen LogP contribution is 2.30. The molecule has 0 unspecified atom stereocenters. The van der Waals surface area contributed by atoms with Crippen molar-refractivity contribution >= 4 is 44.8 Å². The number of aromatic nitrogens is 2. The predicted molar refractivity (Wildman–Crippen MR) is 162 cm³/mol. The number of hydrogen-bond acceptors (Lipinski definition) is 6. The molecule has 0 spiro atoms. The van der Waals surface area contributed by atoms with Gasteiger partial charge in [-0.05, 0) is 78.9 Å². The standard InChI is InChI=1S/C31H24Cl2N4O4S/c32-22-11-16-29(36-42(39,40)26-14-12-25(13-15-26)41-30-10-2-1-9-28(30)33)27(19-22)31(38)37(20-23-7-3-5-17-34-23)21-24-8-4-6-18-35-24/h1-19,36H,20-21H2. The summed E-state index contributed by atoms with van der Waals surface area (Å²) in [6.45, 7) is 0.337. The van der Waals surface area contributed by atoms with E-state index in [0.717, 1.165) is 0 Å². The number of carbonyl (C=O) groups is 1. The number of nitrogens with one attached hydrogen (secondary N) is 1. The summed E-state index contributed by atoms with van der Waals surface area (Å²) < 4.78 is 35.1. The van der Waals surface area contributed by atoms with Gasteiger partial charge in [0.05, 0.1) is 45.6 Å². The third-order valence-corrected chi connectivity index (χ3v) is 8.03. The molecular weight excluding hydrogens is 595 g/mol. The van der Waals surface area contributed by atoms with Crippen molar-refractivity contribution in [1.29, 1.82) is 0 Å². The molecular formula is C31H24Cl2N4O4S. The molecule has 0 saturated carbocycles. The maximum absolute atomic E-state index is 13.9. The van der Waals surface area contributed by atoms with Crippen molar-refractivity contribution in [3.63, 3.8) is 0 Å². The van der Waals surface area contributed by atoms with Crippen LogP contribution in [0, 0.1) is 0 Å². The van der Waals surface area contributed by atoms with Crippen molar-refractivity contribution in [2.45, 2.75) is 18.0 Å². The number of hydrogen-bond donors (Lipinski definition) is 1. The molecule has 5 aromatic rings. The van der Waals surface area contributed by atoms with E-state index in [0.29, 0.717) is 27.9 Å². The quantitative estimate of drug-likeness (QED) is 0.177. The summed E-state index contributed by atoms with van der Waals surface area (Å²) in [5.41, 5.74) is 1.47. The Labute approximate surface area is 253 Å². The first-order valence-electron chi connectivity index (χ1n) is 12.7. The minimum atomic E-state index is -4.09. The van der Waals surface area contributed by atoms with Crippen molar-refractivity contribution in [2.24, 2.45) is 0 Å². The van der Waals surface area contributed by atoms with Crippen LogP contribution in [0.25, 0.3) is 0 Å². The number of para-hydroxylation sites is 1. The minimum Gasteiger partial charge on any atom is -0.456 e. The second-order valence-corrected chi connectivity index (χ2v) is 11.6. The summed E-state index contributed by atoms with van der Waals surface area (Å²) in [6, 6.07) is 28.1. The van der Waals surface area contributed by atoms with E-state index in [9.17, 15) is 13.2 Å². The van der Waals surface area contributed by atoms with E-state index in [2.05, 4.69) is 14.7 Å². The molecule has 2 heterocycles. The minimum absolute atomic E-state index is 0.0267. The van der Waals surface area contributed by atoms with Crippen LogP contribution in [0.4, 0.5) is 5.69 Å². The Kier molecular flexibility index (Phi) is 9.02. The number of anilines is 1.